The van der Waals surface area contributed by atoms with Gasteiger partial charge in [-0.05, 0) is 61.4 Å². The molecular weight excluding hydrogens is 222 g/mol. The van der Waals surface area contributed by atoms with Crippen molar-refractivity contribution in [3.05, 3.63) is 29.3 Å². The van der Waals surface area contributed by atoms with Gasteiger partial charge in [0.1, 0.15) is 5.75 Å². The Bertz CT molecular complexity index is 480. The van der Waals surface area contributed by atoms with Gasteiger partial charge in [-0.25, -0.2) is 0 Å². The van der Waals surface area contributed by atoms with Crippen LogP contribution in [0.25, 0.3) is 0 Å². The fourth-order valence-corrected chi connectivity index (χ4v) is 4.91. The van der Waals surface area contributed by atoms with Crippen molar-refractivity contribution in [1.82, 2.24) is 5.32 Å². The van der Waals surface area contributed by atoms with Crippen LogP contribution in [0.5, 0.6) is 5.75 Å². The molecule has 2 heteroatoms. The zero-order chi connectivity index (χ0) is 12.2. The monoisotopic (exact) mass is 243 g/mol. The van der Waals surface area contributed by atoms with E-state index in [9.17, 15) is 5.11 Å². The van der Waals surface area contributed by atoms with Crippen molar-refractivity contribution in [2.24, 2.45) is 5.92 Å². The lowest BCUT2D eigenvalue weighted by molar-refractivity contribution is 0.0795. The van der Waals surface area contributed by atoms with Crippen LogP contribution in [0.2, 0.25) is 0 Å². The fraction of sp³-hybridized carbons (Fsp3) is 0.625. The lowest BCUT2D eigenvalue weighted by Gasteiger charge is -2.56. The van der Waals surface area contributed by atoms with Crippen molar-refractivity contribution in [3.8, 4) is 5.75 Å². The van der Waals surface area contributed by atoms with Crippen LogP contribution in [0.15, 0.2) is 18.2 Å². The molecule has 3 atom stereocenters. The summed E-state index contributed by atoms with van der Waals surface area (Å²) in [5, 5.41) is 13.6. The molecule has 1 aromatic carbocycles. The number of aromatic hydroxyl groups is 1. The Kier molecular flexibility index (Phi) is 2.25. The lowest BCUT2D eigenvalue weighted by Crippen LogP contribution is -2.59. The summed E-state index contributed by atoms with van der Waals surface area (Å²) in [6.07, 6.45) is 7.85. The highest BCUT2D eigenvalue weighted by molar-refractivity contribution is 5.45. The molecule has 0 aromatic heterocycles. The summed E-state index contributed by atoms with van der Waals surface area (Å²) in [5.74, 6) is 1.25. The molecule has 18 heavy (non-hydrogen) atoms. The Morgan fingerprint density at radius 1 is 1.22 bits per heavy atom. The van der Waals surface area contributed by atoms with Gasteiger partial charge in [-0.3, -0.25) is 0 Å². The van der Waals surface area contributed by atoms with E-state index in [0.29, 0.717) is 17.2 Å². The average molecular weight is 243 g/mol. The van der Waals surface area contributed by atoms with Gasteiger partial charge in [0, 0.05) is 11.5 Å². The van der Waals surface area contributed by atoms with E-state index in [1.807, 2.05) is 6.07 Å². The average Bonchev–Trinajstić information content (AvgIpc) is 2.40. The summed E-state index contributed by atoms with van der Waals surface area (Å²) in [5.41, 5.74) is 3.33. The molecule has 0 spiro atoms. The Morgan fingerprint density at radius 3 is 3.11 bits per heavy atom. The summed E-state index contributed by atoms with van der Waals surface area (Å²) in [4.78, 5) is 0. The van der Waals surface area contributed by atoms with Crippen molar-refractivity contribution in [1.29, 1.82) is 0 Å². The second-order valence-corrected chi connectivity index (χ2v) is 6.36. The summed E-state index contributed by atoms with van der Waals surface area (Å²) in [6.45, 7) is 1.15. The molecule has 2 N–H and O–H groups in total. The topological polar surface area (TPSA) is 32.3 Å². The van der Waals surface area contributed by atoms with E-state index in [1.165, 1.54) is 43.2 Å². The van der Waals surface area contributed by atoms with Crippen molar-refractivity contribution in [3.63, 3.8) is 0 Å². The molecule has 0 amide bonds. The number of fused-ring (bicyclic) bond motifs is 1. The third-order valence-corrected chi connectivity index (χ3v) is 5.63. The highest BCUT2D eigenvalue weighted by atomic mass is 16.3. The van der Waals surface area contributed by atoms with Crippen molar-refractivity contribution >= 4 is 0 Å². The fourth-order valence-electron chi connectivity index (χ4n) is 4.91. The van der Waals surface area contributed by atoms with E-state index in [1.54, 1.807) is 0 Å². The van der Waals surface area contributed by atoms with Gasteiger partial charge in [0.25, 0.3) is 0 Å². The van der Waals surface area contributed by atoms with Crippen LogP contribution >= 0.6 is 0 Å². The summed E-state index contributed by atoms with van der Waals surface area (Å²) >= 11 is 0. The molecule has 1 aliphatic heterocycles. The van der Waals surface area contributed by atoms with E-state index < -0.39 is 0 Å². The summed E-state index contributed by atoms with van der Waals surface area (Å²) < 4.78 is 0. The number of rotatable bonds is 0. The minimum absolute atomic E-state index is 0.375. The van der Waals surface area contributed by atoms with Crippen LogP contribution in [-0.4, -0.2) is 17.7 Å². The Balaban J connectivity index is 1.91. The number of phenols is 1. The first kappa shape index (κ1) is 10.9. The first-order chi connectivity index (χ1) is 8.79. The van der Waals surface area contributed by atoms with E-state index in [2.05, 4.69) is 17.4 Å². The predicted octanol–water partition coefficient (Wildman–Crippen LogP) is 2.74. The highest BCUT2D eigenvalue weighted by Gasteiger charge is 2.51. The summed E-state index contributed by atoms with van der Waals surface area (Å²) in [7, 11) is 0. The zero-order valence-corrected chi connectivity index (χ0v) is 10.8. The van der Waals surface area contributed by atoms with Crippen LogP contribution in [-0.2, 0) is 11.8 Å². The van der Waals surface area contributed by atoms with Gasteiger partial charge in [0.05, 0.1) is 0 Å². The molecule has 2 aliphatic carbocycles. The van der Waals surface area contributed by atoms with Crippen LogP contribution in [0, 0.1) is 5.92 Å². The van der Waals surface area contributed by atoms with E-state index in [-0.39, 0.29) is 0 Å². The molecule has 3 aliphatic rings. The van der Waals surface area contributed by atoms with Crippen LogP contribution in [0.3, 0.4) is 0 Å². The smallest absolute Gasteiger partial charge is 0.115 e. The standard InChI is InChI=1S/C16H21NO/c18-12-5-4-11-9-15-13-3-1-2-6-16(13,7-8-17-15)14(11)10-12/h4-5,10,13,15,17-18H,1-3,6-9H2/t13?,15-,16-/m1/s1. The Morgan fingerprint density at radius 2 is 2.17 bits per heavy atom. The molecular formula is C16H21NO. The van der Waals surface area contributed by atoms with E-state index in [4.69, 9.17) is 0 Å². The number of benzene rings is 1. The quantitative estimate of drug-likeness (QED) is 0.734. The van der Waals surface area contributed by atoms with Gasteiger partial charge in [-0.15, -0.1) is 0 Å². The molecule has 0 radical (unpaired) electrons. The minimum Gasteiger partial charge on any atom is -0.508 e. The number of hydrogen-bond donors (Lipinski definition) is 2. The lowest BCUT2D eigenvalue weighted by atomic mass is 9.53. The van der Waals surface area contributed by atoms with Crippen LogP contribution in [0.4, 0.5) is 0 Å². The maximum absolute atomic E-state index is 9.86. The number of piperidine rings is 1. The van der Waals surface area contributed by atoms with Gasteiger partial charge in [-0.1, -0.05) is 18.9 Å². The molecule has 1 heterocycles. The molecule has 2 bridgehead atoms. The van der Waals surface area contributed by atoms with Crippen LogP contribution < -0.4 is 5.32 Å². The van der Waals surface area contributed by atoms with Gasteiger partial charge < -0.3 is 10.4 Å². The van der Waals surface area contributed by atoms with E-state index in [0.717, 1.165) is 18.9 Å². The van der Waals surface area contributed by atoms with Crippen molar-refractivity contribution in [2.75, 3.05) is 6.54 Å². The number of nitrogens with one attached hydrogen (secondary N) is 1. The molecule has 2 nitrogen and oxygen atoms in total. The second-order valence-electron chi connectivity index (χ2n) is 6.36. The maximum Gasteiger partial charge on any atom is 0.115 e. The molecule has 1 unspecified atom stereocenters. The van der Waals surface area contributed by atoms with E-state index >= 15 is 0 Å². The molecule has 4 rings (SSSR count). The largest absolute Gasteiger partial charge is 0.508 e. The molecule has 1 saturated heterocycles. The Labute approximate surface area is 108 Å². The normalized spacial score (nSPS) is 37.8. The minimum atomic E-state index is 0.375. The molecule has 1 saturated carbocycles. The number of hydrogen-bond acceptors (Lipinski definition) is 2. The number of phenolic OH excluding ortho intramolecular Hbond substituents is 1. The molecule has 96 valence electrons. The first-order valence-electron chi connectivity index (χ1n) is 7.35. The van der Waals surface area contributed by atoms with Crippen LogP contribution in [0.1, 0.15) is 43.2 Å². The third-order valence-electron chi connectivity index (χ3n) is 5.63. The van der Waals surface area contributed by atoms with Gasteiger partial charge in [-0.2, -0.15) is 0 Å². The second kappa shape index (κ2) is 3.74. The first-order valence-corrected chi connectivity index (χ1v) is 7.35. The predicted molar refractivity (Wildman–Crippen MR) is 71.9 cm³/mol. The van der Waals surface area contributed by atoms with Gasteiger partial charge >= 0.3 is 0 Å². The molecule has 1 aromatic rings. The zero-order valence-electron chi connectivity index (χ0n) is 10.8. The van der Waals surface area contributed by atoms with Gasteiger partial charge in [0.15, 0.2) is 0 Å². The van der Waals surface area contributed by atoms with Crippen molar-refractivity contribution < 1.29 is 5.11 Å². The Hall–Kier alpha value is -1.02. The maximum atomic E-state index is 9.86. The molecule has 2 fully saturated rings. The van der Waals surface area contributed by atoms with Gasteiger partial charge in [0.2, 0.25) is 0 Å². The van der Waals surface area contributed by atoms with Crippen molar-refractivity contribution in [2.45, 2.75) is 50.0 Å². The third kappa shape index (κ3) is 1.33. The SMILES string of the molecule is Oc1ccc2c(c1)[C@@]13CCCCC1[C@@H](C2)NCC3. The summed E-state index contributed by atoms with van der Waals surface area (Å²) in [6, 6.07) is 6.75. The highest BCUT2D eigenvalue weighted by Crippen LogP contribution is 2.54.